The van der Waals surface area contributed by atoms with Crippen LogP contribution in [-0.4, -0.2) is 27.5 Å². The highest BCUT2D eigenvalue weighted by molar-refractivity contribution is 5.80. The second-order valence-corrected chi connectivity index (χ2v) is 7.89. The van der Waals surface area contributed by atoms with Crippen LogP contribution in [0.15, 0.2) is 47.4 Å². The number of H-pyrrole nitrogens is 1. The van der Waals surface area contributed by atoms with Crippen LogP contribution in [0.1, 0.15) is 31.4 Å². The second-order valence-electron chi connectivity index (χ2n) is 7.89. The van der Waals surface area contributed by atoms with Gasteiger partial charge in [-0.15, -0.1) is 0 Å². The average Bonchev–Trinajstić information content (AvgIpc) is 2.72. The number of hydrogen-bond acceptors (Lipinski definition) is 5. The molecule has 0 atom stereocenters. The fraction of sp³-hybridized carbons (Fsp3) is 0.273. The van der Waals surface area contributed by atoms with Crippen molar-refractivity contribution in [3.8, 4) is 28.5 Å². The highest BCUT2D eigenvalue weighted by Crippen LogP contribution is 2.32. The summed E-state index contributed by atoms with van der Waals surface area (Å²) in [5.41, 5.74) is 4.39. The summed E-state index contributed by atoms with van der Waals surface area (Å²) in [4.78, 5) is 34.4. The summed E-state index contributed by atoms with van der Waals surface area (Å²) >= 11 is 0. The number of carbonyl (C=O) groups is 1. The van der Waals surface area contributed by atoms with Crippen molar-refractivity contribution in [1.82, 2.24) is 15.0 Å². The molecular weight excluding hydrogens is 444 g/mol. The molecule has 0 unspecified atom stereocenters. The molecule has 0 aliphatic carbocycles. The lowest BCUT2D eigenvalue weighted by Crippen LogP contribution is -2.33. The summed E-state index contributed by atoms with van der Waals surface area (Å²) < 4.78 is 56.2. The Labute approximate surface area is 185 Å². The first kappa shape index (κ1) is 23.9. The van der Waals surface area contributed by atoms with E-state index in [0.717, 1.165) is 6.07 Å². The van der Waals surface area contributed by atoms with Crippen LogP contribution >= 0.6 is 0 Å². The van der Waals surface area contributed by atoms with Gasteiger partial charge in [-0.1, -0.05) is 26.0 Å². The van der Waals surface area contributed by atoms with Crippen LogP contribution in [0.5, 0.6) is 5.88 Å². The molecule has 2 heterocycles. The minimum Gasteiger partial charge on any atom is -0.417 e. The van der Waals surface area contributed by atoms with Crippen molar-refractivity contribution in [3.63, 3.8) is 0 Å². The van der Waals surface area contributed by atoms with E-state index >= 15 is 0 Å². The summed E-state index contributed by atoms with van der Waals surface area (Å²) in [6.45, 7) is 0.211. The zero-order valence-electron chi connectivity index (χ0n) is 17.6. The Morgan fingerprint density at radius 1 is 1.15 bits per heavy atom. The number of nitrogens with zero attached hydrogens (tertiary/aromatic N) is 2. The Hall–Kier alpha value is -3.76. The van der Waals surface area contributed by atoms with E-state index in [4.69, 9.17) is 5.73 Å². The lowest BCUT2D eigenvalue weighted by molar-refractivity contribution is -0.125. The number of nitrogens with two attached hydrogens (primary N) is 1. The van der Waals surface area contributed by atoms with E-state index in [1.54, 1.807) is 13.8 Å². The van der Waals surface area contributed by atoms with Gasteiger partial charge in [0.2, 0.25) is 11.8 Å². The standard InChI is InChI=1S/C22H20F4N4O3/c1-22(2,20(27)32)9-11-3-5-13(18(23)24)14(7-11)19-29-15(8-16(31)30-19)12-4-6-17(28-10-12)33-21(25)26/h3-8,10,18,21H,9H2,1-2H3,(H2,27,32)(H,29,30,31). The van der Waals surface area contributed by atoms with E-state index in [1.807, 2.05) is 0 Å². The van der Waals surface area contributed by atoms with Gasteiger partial charge >= 0.3 is 6.61 Å². The zero-order valence-corrected chi connectivity index (χ0v) is 17.6. The van der Waals surface area contributed by atoms with Crippen molar-refractivity contribution in [2.24, 2.45) is 11.1 Å². The largest absolute Gasteiger partial charge is 0.417 e. The highest BCUT2D eigenvalue weighted by atomic mass is 19.3. The van der Waals surface area contributed by atoms with Crippen LogP contribution in [0.2, 0.25) is 0 Å². The number of primary amides is 1. The topological polar surface area (TPSA) is 111 Å². The van der Waals surface area contributed by atoms with Gasteiger partial charge in [-0.05, 0) is 24.1 Å². The molecule has 1 aromatic carbocycles. The third kappa shape index (κ3) is 5.73. The first-order valence-corrected chi connectivity index (χ1v) is 9.70. The number of rotatable bonds is 8. The van der Waals surface area contributed by atoms with E-state index in [2.05, 4.69) is 19.7 Å². The van der Waals surface area contributed by atoms with Gasteiger partial charge in [0.05, 0.1) is 5.69 Å². The highest BCUT2D eigenvalue weighted by Gasteiger charge is 2.26. The smallest absolute Gasteiger partial charge is 0.388 e. The summed E-state index contributed by atoms with van der Waals surface area (Å²) in [7, 11) is 0. The lowest BCUT2D eigenvalue weighted by atomic mass is 9.84. The van der Waals surface area contributed by atoms with Crippen molar-refractivity contribution in [2.75, 3.05) is 0 Å². The first-order chi connectivity index (χ1) is 15.5. The molecule has 0 spiro atoms. The van der Waals surface area contributed by atoms with Gasteiger partial charge in [0, 0.05) is 40.4 Å². The van der Waals surface area contributed by atoms with Crippen LogP contribution in [-0.2, 0) is 11.2 Å². The molecule has 1 amide bonds. The number of amides is 1. The van der Waals surface area contributed by atoms with E-state index in [-0.39, 0.29) is 40.5 Å². The maximum absolute atomic E-state index is 13.7. The minimum absolute atomic E-state index is 0.0210. The van der Waals surface area contributed by atoms with Crippen LogP contribution in [0, 0.1) is 5.41 Å². The Morgan fingerprint density at radius 3 is 2.45 bits per heavy atom. The number of nitrogens with one attached hydrogen (secondary N) is 1. The van der Waals surface area contributed by atoms with Crippen LogP contribution in [0.25, 0.3) is 22.6 Å². The quantitative estimate of drug-likeness (QED) is 0.488. The number of ether oxygens (including phenoxy) is 1. The van der Waals surface area contributed by atoms with E-state index in [0.29, 0.717) is 5.56 Å². The fourth-order valence-electron chi connectivity index (χ4n) is 3.13. The normalized spacial score (nSPS) is 11.8. The van der Waals surface area contributed by atoms with E-state index in [9.17, 15) is 27.2 Å². The molecule has 3 aromatic rings. The van der Waals surface area contributed by atoms with Gasteiger partial charge in [-0.3, -0.25) is 9.59 Å². The first-order valence-electron chi connectivity index (χ1n) is 9.70. The molecular formula is C22H20F4N4O3. The Balaban J connectivity index is 2.06. The number of pyridine rings is 1. The van der Waals surface area contributed by atoms with E-state index < -0.39 is 29.9 Å². The predicted molar refractivity (Wildman–Crippen MR) is 112 cm³/mol. The van der Waals surface area contributed by atoms with E-state index in [1.165, 1.54) is 36.5 Å². The van der Waals surface area contributed by atoms with Crippen LogP contribution in [0.3, 0.4) is 0 Å². The molecule has 33 heavy (non-hydrogen) atoms. The van der Waals surface area contributed by atoms with Gasteiger partial charge in [0.1, 0.15) is 5.82 Å². The number of alkyl halides is 4. The molecule has 0 aliphatic heterocycles. The summed E-state index contributed by atoms with van der Waals surface area (Å²) in [6, 6.07) is 7.74. The molecule has 0 saturated carbocycles. The Bertz CT molecular complexity index is 1210. The van der Waals surface area contributed by atoms with Crippen LogP contribution < -0.4 is 16.0 Å². The van der Waals surface area contributed by atoms with Gasteiger partial charge in [-0.2, -0.15) is 8.78 Å². The number of aromatic nitrogens is 3. The molecule has 0 bridgehead atoms. The van der Waals surface area contributed by atoms with Gasteiger partial charge in [0.15, 0.2) is 0 Å². The van der Waals surface area contributed by atoms with Gasteiger partial charge in [0.25, 0.3) is 12.0 Å². The lowest BCUT2D eigenvalue weighted by Gasteiger charge is -2.21. The average molecular weight is 464 g/mol. The van der Waals surface area contributed by atoms with Crippen molar-refractivity contribution in [3.05, 3.63) is 64.1 Å². The molecule has 2 aromatic heterocycles. The Morgan fingerprint density at radius 2 is 1.88 bits per heavy atom. The van der Waals surface area contributed by atoms with Crippen molar-refractivity contribution in [1.29, 1.82) is 0 Å². The molecule has 3 N–H and O–H groups in total. The molecule has 7 nitrogen and oxygen atoms in total. The van der Waals surface area contributed by atoms with Gasteiger partial charge in [-0.25, -0.2) is 18.7 Å². The fourth-order valence-corrected chi connectivity index (χ4v) is 3.13. The molecule has 0 aliphatic rings. The molecule has 11 heteroatoms. The zero-order chi connectivity index (χ0) is 24.3. The molecule has 174 valence electrons. The van der Waals surface area contributed by atoms with Gasteiger partial charge < -0.3 is 15.5 Å². The molecule has 3 rings (SSSR count). The third-order valence-electron chi connectivity index (χ3n) is 4.90. The predicted octanol–water partition coefficient (Wildman–Crippen LogP) is 4.09. The number of halogens is 4. The minimum atomic E-state index is -3.05. The summed E-state index contributed by atoms with van der Waals surface area (Å²) in [5, 5.41) is 0. The number of carbonyl (C=O) groups excluding carboxylic acids is 1. The monoisotopic (exact) mass is 464 g/mol. The third-order valence-corrected chi connectivity index (χ3v) is 4.90. The molecule has 0 saturated heterocycles. The maximum Gasteiger partial charge on any atom is 0.388 e. The van der Waals surface area contributed by atoms with Crippen LogP contribution in [0.4, 0.5) is 17.6 Å². The second kappa shape index (κ2) is 9.39. The Kier molecular flexibility index (Phi) is 6.80. The number of hydrogen-bond donors (Lipinski definition) is 2. The summed E-state index contributed by atoms with van der Waals surface area (Å²) in [5.74, 6) is -1.01. The molecule has 0 radical (unpaired) electrons. The SMILES string of the molecule is CC(C)(Cc1ccc(C(F)F)c(-c2nc(-c3ccc(OC(F)F)nc3)cc(=O)[nH]2)c1)C(N)=O. The number of benzene rings is 1. The van der Waals surface area contributed by atoms with Crippen molar-refractivity contribution in [2.45, 2.75) is 33.3 Å². The number of aromatic amines is 1. The summed E-state index contributed by atoms with van der Waals surface area (Å²) in [6.07, 6.45) is -1.51. The molecule has 0 fully saturated rings. The van der Waals surface area contributed by atoms with Crippen molar-refractivity contribution >= 4 is 5.91 Å². The maximum atomic E-state index is 13.7. The van der Waals surface area contributed by atoms with Crippen molar-refractivity contribution < 1.29 is 27.1 Å².